The zero-order valence-corrected chi connectivity index (χ0v) is 6.95. The Morgan fingerprint density at radius 3 is 2.54 bits per heavy atom. The van der Waals surface area contributed by atoms with E-state index in [1.54, 1.807) is 24.3 Å². The van der Waals surface area contributed by atoms with Gasteiger partial charge in [0.15, 0.2) is 0 Å². The van der Waals surface area contributed by atoms with E-state index in [1.807, 2.05) is 6.07 Å². The Kier molecular flexibility index (Phi) is 2.82. The van der Waals surface area contributed by atoms with E-state index >= 15 is 0 Å². The minimum absolute atomic E-state index is 0.527. The first-order chi connectivity index (χ1) is 6.27. The first-order valence-corrected chi connectivity index (χ1v) is 3.67. The first-order valence-electron chi connectivity index (χ1n) is 3.67. The summed E-state index contributed by atoms with van der Waals surface area (Å²) in [4.78, 5) is 10.1. The van der Waals surface area contributed by atoms with E-state index in [-0.39, 0.29) is 0 Å². The van der Waals surface area contributed by atoms with Crippen LogP contribution in [0, 0.1) is 11.3 Å². The van der Waals surface area contributed by atoms with Crippen LogP contribution >= 0.6 is 0 Å². The topological polar surface area (TPSA) is 52.9 Å². The van der Waals surface area contributed by atoms with Crippen LogP contribution in [-0.2, 0) is 4.79 Å². The van der Waals surface area contributed by atoms with Crippen LogP contribution in [0.25, 0.3) is 5.70 Å². The summed E-state index contributed by atoms with van der Waals surface area (Å²) in [5.74, 6) is 0. The number of rotatable bonds is 3. The minimum Gasteiger partial charge on any atom is -0.329 e. The van der Waals surface area contributed by atoms with Crippen molar-refractivity contribution in [1.82, 2.24) is 5.32 Å². The Morgan fingerprint density at radius 2 is 2.08 bits per heavy atom. The zero-order valence-electron chi connectivity index (χ0n) is 6.95. The normalized spacial score (nSPS) is 8.54. The Bertz CT molecular complexity index is 360. The lowest BCUT2D eigenvalue weighted by molar-refractivity contribution is -0.108. The maximum atomic E-state index is 10.1. The van der Waals surface area contributed by atoms with Gasteiger partial charge in [0, 0.05) is 5.70 Å². The van der Waals surface area contributed by atoms with Gasteiger partial charge < -0.3 is 5.32 Å². The summed E-state index contributed by atoms with van der Waals surface area (Å²) in [7, 11) is 0. The van der Waals surface area contributed by atoms with E-state index in [1.165, 1.54) is 0 Å². The van der Waals surface area contributed by atoms with Crippen LogP contribution in [0.2, 0.25) is 0 Å². The van der Waals surface area contributed by atoms with Crippen molar-refractivity contribution >= 4 is 12.1 Å². The summed E-state index contributed by atoms with van der Waals surface area (Å²) in [6, 6.07) is 8.82. The third-order valence-electron chi connectivity index (χ3n) is 1.60. The summed E-state index contributed by atoms with van der Waals surface area (Å²) in [5, 5.41) is 11.0. The number of nitriles is 1. The quantitative estimate of drug-likeness (QED) is 0.698. The molecule has 3 heteroatoms. The predicted molar refractivity (Wildman–Crippen MR) is 49.4 cm³/mol. The van der Waals surface area contributed by atoms with Gasteiger partial charge in [0.1, 0.15) is 0 Å². The van der Waals surface area contributed by atoms with Gasteiger partial charge in [-0.2, -0.15) is 5.26 Å². The van der Waals surface area contributed by atoms with Crippen LogP contribution in [0.4, 0.5) is 0 Å². The van der Waals surface area contributed by atoms with Crippen LogP contribution in [0.3, 0.4) is 0 Å². The van der Waals surface area contributed by atoms with Crippen LogP contribution < -0.4 is 5.32 Å². The van der Waals surface area contributed by atoms with Crippen molar-refractivity contribution in [2.45, 2.75) is 0 Å². The summed E-state index contributed by atoms with van der Waals surface area (Å²) < 4.78 is 0. The van der Waals surface area contributed by atoms with E-state index in [9.17, 15) is 4.79 Å². The van der Waals surface area contributed by atoms with Crippen molar-refractivity contribution in [1.29, 1.82) is 5.26 Å². The second-order valence-corrected chi connectivity index (χ2v) is 2.43. The molecule has 1 aromatic rings. The third kappa shape index (κ3) is 2.17. The molecule has 0 aliphatic heterocycles. The van der Waals surface area contributed by atoms with Crippen LogP contribution in [0.15, 0.2) is 30.8 Å². The molecule has 3 nitrogen and oxygen atoms in total. The molecule has 1 aromatic carbocycles. The van der Waals surface area contributed by atoms with Crippen molar-refractivity contribution in [2.24, 2.45) is 0 Å². The van der Waals surface area contributed by atoms with E-state index in [2.05, 4.69) is 11.9 Å². The number of carbonyl (C=O) groups excluding carboxylic acids is 1. The molecule has 0 saturated carbocycles. The van der Waals surface area contributed by atoms with E-state index < -0.39 is 0 Å². The molecule has 0 atom stereocenters. The van der Waals surface area contributed by atoms with E-state index in [0.29, 0.717) is 17.7 Å². The van der Waals surface area contributed by atoms with Gasteiger partial charge in [-0.05, 0) is 17.7 Å². The highest BCUT2D eigenvalue weighted by molar-refractivity contribution is 5.72. The molecule has 0 bridgehead atoms. The molecule has 0 heterocycles. The van der Waals surface area contributed by atoms with Crippen molar-refractivity contribution in [3.8, 4) is 6.07 Å². The highest BCUT2D eigenvalue weighted by Gasteiger charge is 1.96. The molecule has 0 fully saturated rings. The number of amides is 1. The summed E-state index contributed by atoms with van der Waals surface area (Å²) in [5.41, 5.74) is 1.91. The first kappa shape index (κ1) is 9.01. The minimum atomic E-state index is 0.527. The molecule has 0 radical (unpaired) electrons. The number of nitrogens with one attached hydrogen (secondary N) is 1. The Morgan fingerprint density at radius 1 is 1.46 bits per heavy atom. The molecule has 0 aromatic heterocycles. The predicted octanol–water partition coefficient (Wildman–Crippen LogP) is 1.27. The van der Waals surface area contributed by atoms with E-state index in [4.69, 9.17) is 5.26 Å². The highest BCUT2D eigenvalue weighted by atomic mass is 16.1. The zero-order chi connectivity index (χ0) is 9.68. The van der Waals surface area contributed by atoms with Gasteiger partial charge in [-0.1, -0.05) is 18.7 Å². The van der Waals surface area contributed by atoms with Crippen LogP contribution in [0.1, 0.15) is 11.1 Å². The molecule has 0 spiro atoms. The van der Waals surface area contributed by atoms with Gasteiger partial charge in [-0.25, -0.2) is 0 Å². The number of hydrogen-bond donors (Lipinski definition) is 1. The molecule has 64 valence electrons. The lowest BCUT2D eigenvalue weighted by atomic mass is 10.1. The molecule has 1 N–H and O–H groups in total. The van der Waals surface area contributed by atoms with Gasteiger partial charge >= 0.3 is 0 Å². The van der Waals surface area contributed by atoms with Gasteiger partial charge in [-0.15, -0.1) is 0 Å². The molecular weight excluding hydrogens is 164 g/mol. The lowest BCUT2D eigenvalue weighted by Gasteiger charge is -2.02. The van der Waals surface area contributed by atoms with Crippen molar-refractivity contribution < 1.29 is 4.79 Å². The second kappa shape index (κ2) is 4.07. The monoisotopic (exact) mass is 172 g/mol. The summed E-state index contributed by atoms with van der Waals surface area (Å²) >= 11 is 0. The van der Waals surface area contributed by atoms with Crippen LogP contribution in [0.5, 0.6) is 0 Å². The fourth-order valence-corrected chi connectivity index (χ4v) is 0.900. The summed E-state index contributed by atoms with van der Waals surface area (Å²) in [6.45, 7) is 3.64. The second-order valence-electron chi connectivity index (χ2n) is 2.43. The fourth-order valence-electron chi connectivity index (χ4n) is 0.900. The van der Waals surface area contributed by atoms with Crippen molar-refractivity contribution in [3.05, 3.63) is 42.0 Å². The highest BCUT2D eigenvalue weighted by Crippen LogP contribution is 2.09. The average Bonchev–Trinajstić information content (AvgIpc) is 2.18. The van der Waals surface area contributed by atoms with Gasteiger partial charge in [0.05, 0.1) is 11.6 Å². The maximum absolute atomic E-state index is 10.1. The Hall–Kier alpha value is -2.08. The Balaban J connectivity index is 2.87. The van der Waals surface area contributed by atoms with E-state index in [0.717, 1.165) is 5.56 Å². The molecule has 13 heavy (non-hydrogen) atoms. The Labute approximate surface area is 76.3 Å². The summed E-state index contributed by atoms with van der Waals surface area (Å²) in [6.07, 6.45) is 0.570. The average molecular weight is 172 g/mol. The standard InChI is InChI=1S/C10H8N2O/c1-8(12-7-13)10-4-2-9(6-11)3-5-10/h2-5,7H,1H2,(H,12,13). The molecular formula is C10H8N2O. The number of hydrogen-bond acceptors (Lipinski definition) is 2. The molecule has 0 unspecified atom stereocenters. The van der Waals surface area contributed by atoms with Gasteiger partial charge in [-0.3, -0.25) is 4.79 Å². The maximum Gasteiger partial charge on any atom is 0.211 e. The number of benzene rings is 1. The molecule has 1 amide bonds. The molecule has 0 aliphatic carbocycles. The number of nitrogens with zero attached hydrogens (tertiary/aromatic N) is 1. The van der Waals surface area contributed by atoms with Gasteiger partial charge in [0.25, 0.3) is 0 Å². The number of carbonyl (C=O) groups is 1. The van der Waals surface area contributed by atoms with Crippen molar-refractivity contribution in [2.75, 3.05) is 0 Å². The third-order valence-corrected chi connectivity index (χ3v) is 1.60. The van der Waals surface area contributed by atoms with Crippen LogP contribution in [-0.4, -0.2) is 6.41 Å². The lowest BCUT2D eigenvalue weighted by Crippen LogP contribution is -2.07. The smallest absolute Gasteiger partial charge is 0.211 e. The van der Waals surface area contributed by atoms with Crippen molar-refractivity contribution in [3.63, 3.8) is 0 Å². The fraction of sp³-hybridized carbons (Fsp3) is 0. The largest absolute Gasteiger partial charge is 0.329 e. The molecule has 1 rings (SSSR count). The molecule has 0 aliphatic rings. The molecule has 0 saturated heterocycles. The van der Waals surface area contributed by atoms with Gasteiger partial charge in [0.2, 0.25) is 6.41 Å². The SMILES string of the molecule is C=C(NC=O)c1ccc(C#N)cc1.